The minimum absolute atomic E-state index is 0.0945. The zero-order valence-corrected chi connectivity index (χ0v) is 12.5. The lowest BCUT2D eigenvalue weighted by atomic mass is 10.1. The van der Waals surface area contributed by atoms with Crippen molar-refractivity contribution in [1.29, 1.82) is 0 Å². The molecule has 2 aromatic carbocycles. The van der Waals surface area contributed by atoms with E-state index < -0.39 is 16.9 Å². The summed E-state index contributed by atoms with van der Waals surface area (Å²) in [6.45, 7) is 3.21. The monoisotopic (exact) mass is 314 g/mol. The lowest BCUT2D eigenvalue weighted by molar-refractivity contribution is -0.384. The molecule has 0 aliphatic heterocycles. The van der Waals surface area contributed by atoms with E-state index in [0.29, 0.717) is 16.8 Å². The van der Waals surface area contributed by atoms with Crippen LogP contribution in [0.3, 0.4) is 0 Å². The Labute approximate surface area is 131 Å². The van der Waals surface area contributed by atoms with Gasteiger partial charge in [0.15, 0.2) is 0 Å². The molecule has 0 unspecified atom stereocenters. The number of hydrogen-bond acceptors (Lipinski definition) is 6. The molecule has 0 heterocycles. The Bertz CT molecular complexity index is 814. The number of nitrogens with two attached hydrogens (primary N) is 1. The van der Waals surface area contributed by atoms with Gasteiger partial charge in [0.2, 0.25) is 0 Å². The quantitative estimate of drug-likeness (QED) is 0.306. The molecule has 0 saturated carbocycles. The number of nitrogen functional groups attached to an aromatic ring is 1. The van der Waals surface area contributed by atoms with E-state index in [4.69, 9.17) is 10.5 Å². The number of hydrogen-bond donors (Lipinski definition) is 1. The van der Waals surface area contributed by atoms with E-state index in [-0.39, 0.29) is 16.8 Å². The van der Waals surface area contributed by atoms with Gasteiger partial charge in [-0.15, -0.1) is 0 Å². The van der Waals surface area contributed by atoms with Gasteiger partial charge in [0, 0.05) is 17.8 Å². The highest BCUT2D eigenvalue weighted by atomic mass is 16.6. The van der Waals surface area contributed by atoms with Crippen LogP contribution >= 0.6 is 0 Å². The predicted octanol–water partition coefficient (Wildman–Crippen LogP) is 2.79. The van der Waals surface area contributed by atoms with Gasteiger partial charge in [0.1, 0.15) is 0 Å². The maximum atomic E-state index is 12.1. The highest BCUT2D eigenvalue weighted by Crippen LogP contribution is 2.19. The Morgan fingerprint density at radius 2 is 1.52 bits per heavy atom. The molecule has 23 heavy (non-hydrogen) atoms. The second-order valence-electron chi connectivity index (χ2n) is 5.01. The number of nitro benzene ring substituents is 1. The Morgan fingerprint density at radius 3 is 2.00 bits per heavy atom. The van der Waals surface area contributed by atoms with E-state index in [1.54, 1.807) is 13.0 Å². The molecule has 0 aromatic heterocycles. The van der Waals surface area contributed by atoms with Crippen molar-refractivity contribution < 1.29 is 19.2 Å². The molecule has 0 aliphatic rings. The van der Waals surface area contributed by atoms with Crippen molar-refractivity contribution in [1.82, 2.24) is 0 Å². The van der Waals surface area contributed by atoms with Crippen molar-refractivity contribution in [3.05, 3.63) is 68.8 Å². The second kappa shape index (κ2) is 6.27. The van der Waals surface area contributed by atoms with E-state index in [1.807, 2.05) is 0 Å². The smallest absolute Gasteiger partial charge is 0.346 e. The van der Waals surface area contributed by atoms with Crippen molar-refractivity contribution in [2.24, 2.45) is 0 Å². The van der Waals surface area contributed by atoms with Crippen molar-refractivity contribution in [3.8, 4) is 0 Å². The molecule has 118 valence electrons. The molecule has 0 bridgehead atoms. The first-order valence-electron chi connectivity index (χ1n) is 6.67. The third-order valence-electron chi connectivity index (χ3n) is 3.30. The maximum absolute atomic E-state index is 12.1. The summed E-state index contributed by atoms with van der Waals surface area (Å²) in [5.41, 5.74) is 7.22. The van der Waals surface area contributed by atoms with Crippen LogP contribution in [0.4, 0.5) is 11.4 Å². The van der Waals surface area contributed by atoms with E-state index in [1.165, 1.54) is 37.3 Å². The fourth-order valence-electron chi connectivity index (χ4n) is 2.10. The first-order valence-corrected chi connectivity index (χ1v) is 6.67. The molecule has 0 radical (unpaired) electrons. The van der Waals surface area contributed by atoms with E-state index >= 15 is 0 Å². The van der Waals surface area contributed by atoms with Crippen LogP contribution in [-0.4, -0.2) is 16.9 Å². The Kier molecular flexibility index (Phi) is 4.40. The van der Waals surface area contributed by atoms with E-state index in [2.05, 4.69) is 0 Å². The van der Waals surface area contributed by atoms with Gasteiger partial charge in [-0.3, -0.25) is 10.1 Å². The number of nitrogens with zero attached hydrogens (tertiary/aromatic N) is 1. The minimum Gasteiger partial charge on any atom is -0.399 e. The summed E-state index contributed by atoms with van der Waals surface area (Å²) >= 11 is 0. The van der Waals surface area contributed by atoms with Crippen LogP contribution in [0.1, 0.15) is 31.8 Å². The topological polar surface area (TPSA) is 113 Å². The van der Waals surface area contributed by atoms with Crippen molar-refractivity contribution in [2.45, 2.75) is 13.8 Å². The molecule has 0 saturated heterocycles. The molecule has 2 rings (SSSR count). The summed E-state index contributed by atoms with van der Waals surface area (Å²) in [5.74, 6) is -1.66. The molecule has 0 aliphatic carbocycles. The number of aryl methyl sites for hydroxylation is 2. The minimum atomic E-state index is -0.862. The number of carbonyl (C=O) groups excluding carboxylic acids is 2. The number of rotatable bonds is 3. The zero-order valence-electron chi connectivity index (χ0n) is 12.5. The molecule has 0 spiro atoms. The highest BCUT2D eigenvalue weighted by Gasteiger charge is 2.19. The van der Waals surface area contributed by atoms with Crippen molar-refractivity contribution in [2.75, 3.05) is 5.73 Å². The molecule has 0 amide bonds. The van der Waals surface area contributed by atoms with Gasteiger partial charge >= 0.3 is 11.9 Å². The van der Waals surface area contributed by atoms with Gasteiger partial charge in [-0.1, -0.05) is 0 Å². The first-order chi connectivity index (χ1) is 10.8. The van der Waals surface area contributed by atoms with Gasteiger partial charge in [-0.2, -0.15) is 0 Å². The first kappa shape index (κ1) is 16.2. The summed E-state index contributed by atoms with van der Waals surface area (Å²) in [5, 5.41) is 10.7. The molecule has 2 aromatic rings. The number of esters is 2. The van der Waals surface area contributed by atoms with Gasteiger partial charge < -0.3 is 10.5 Å². The second-order valence-corrected chi connectivity index (χ2v) is 5.01. The van der Waals surface area contributed by atoms with Crippen LogP contribution in [0.5, 0.6) is 0 Å². The molecular formula is C16H14N2O5. The number of ether oxygens (including phenoxy) is 1. The third kappa shape index (κ3) is 3.52. The van der Waals surface area contributed by atoms with Crippen LogP contribution in [0, 0.1) is 24.0 Å². The standard InChI is InChI=1S/C16H14N2O5/c1-9-7-11(17)3-5-13(9)15(19)23-16(20)14-6-4-12(18(21)22)8-10(14)2/h3-8H,17H2,1-2H3. The number of benzene rings is 2. The number of carbonyl (C=O) groups is 2. The summed E-state index contributed by atoms with van der Waals surface area (Å²) in [6, 6.07) is 8.29. The molecule has 7 heteroatoms. The number of nitro groups is 1. The number of anilines is 1. The SMILES string of the molecule is Cc1cc(N)ccc1C(=O)OC(=O)c1ccc([N+](=O)[O-])cc1C. The van der Waals surface area contributed by atoms with Crippen LogP contribution in [-0.2, 0) is 4.74 Å². The van der Waals surface area contributed by atoms with Crippen LogP contribution in [0.25, 0.3) is 0 Å². The zero-order chi connectivity index (χ0) is 17.1. The predicted molar refractivity (Wildman–Crippen MR) is 83.2 cm³/mol. The normalized spacial score (nSPS) is 10.2. The summed E-state index contributed by atoms with van der Waals surface area (Å²) in [6.07, 6.45) is 0. The average molecular weight is 314 g/mol. The van der Waals surface area contributed by atoms with E-state index in [9.17, 15) is 19.7 Å². The van der Waals surface area contributed by atoms with E-state index in [0.717, 1.165) is 0 Å². The molecule has 7 nitrogen and oxygen atoms in total. The Balaban J connectivity index is 2.21. The lowest BCUT2D eigenvalue weighted by Crippen LogP contribution is -2.15. The molecule has 0 atom stereocenters. The third-order valence-corrected chi connectivity index (χ3v) is 3.30. The fraction of sp³-hybridized carbons (Fsp3) is 0.125. The Hall–Kier alpha value is -3.22. The van der Waals surface area contributed by atoms with Crippen LogP contribution in [0.2, 0.25) is 0 Å². The fourth-order valence-corrected chi connectivity index (χ4v) is 2.10. The molecule has 0 fully saturated rings. The van der Waals surface area contributed by atoms with Crippen molar-refractivity contribution in [3.63, 3.8) is 0 Å². The van der Waals surface area contributed by atoms with Gasteiger partial charge in [0.25, 0.3) is 5.69 Å². The largest absolute Gasteiger partial charge is 0.399 e. The van der Waals surface area contributed by atoms with Crippen molar-refractivity contribution >= 4 is 23.3 Å². The summed E-state index contributed by atoms with van der Waals surface area (Å²) in [7, 11) is 0. The van der Waals surface area contributed by atoms with Crippen LogP contribution in [0.15, 0.2) is 36.4 Å². The highest BCUT2D eigenvalue weighted by molar-refractivity contribution is 6.04. The molecule has 2 N–H and O–H groups in total. The maximum Gasteiger partial charge on any atom is 0.346 e. The molecular weight excluding hydrogens is 300 g/mol. The Morgan fingerprint density at radius 1 is 1.00 bits per heavy atom. The van der Waals surface area contributed by atoms with Gasteiger partial charge in [0.05, 0.1) is 16.1 Å². The average Bonchev–Trinajstić information content (AvgIpc) is 2.46. The number of non-ortho nitro benzene ring substituents is 1. The lowest BCUT2D eigenvalue weighted by Gasteiger charge is -2.08. The van der Waals surface area contributed by atoms with Gasteiger partial charge in [-0.25, -0.2) is 9.59 Å². The van der Waals surface area contributed by atoms with Crippen LogP contribution < -0.4 is 5.73 Å². The summed E-state index contributed by atoms with van der Waals surface area (Å²) in [4.78, 5) is 34.2. The van der Waals surface area contributed by atoms with Gasteiger partial charge in [-0.05, 0) is 49.2 Å². The summed E-state index contributed by atoms with van der Waals surface area (Å²) < 4.78 is 4.84.